The standard InChI is InChI=1S/C22H23FN2O4/c1-2-29-22(28)16-11-13-25(14-12-16)21(27)18-5-3-4-6-19(18)24-20(26)15-7-9-17(23)10-8-15/h3-10,16H,2,11-14H2,1H3,(H,24,26). The highest BCUT2D eigenvalue weighted by Gasteiger charge is 2.29. The molecule has 0 saturated carbocycles. The van der Waals surface area contributed by atoms with Gasteiger partial charge in [-0.15, -0.1) is 0 Å². The summed E-state index contributed by atoms with van der Waals surface area (Å²) in [5, 5.41) is 2.73. The molecule has 1 aliphatic heterocycles. The van der Waals surface area contributed by atoms with Crippen LogP contribution in [0.2, 0.25) is 0 Å². The second-order valence-corrected chi connectivity index (χ2v) is 6.83. The van der Waals surface area contributed by atoms with E-state index in [9.17, 15) is 18.8 Å². The van der Waals surface area contributed by atoms with Gasteiger partial charge < -0.3 is 15.0 Å². The molecule has 1 saturated heterocycles. The molecule has 7 heteroatoms. The average Bonchev–Trinajstić information content (AvgIpc) is 2.74. The van der Waals surface area contributed by atoms with E-state index in [0.717, 1.165) is 0 Å². The van der Waals surface area contributed by atoms with Gasteiger partial charge in [-0.3, -0.25) is 14.4 Å². The molecule has 0 aromatic heterocycles. The van der Waals surface area contributed by atoms with Gasteiger partial charge >= 0.3 is 5.97 Å². The molecular weight excluding hydrogens is 375 g/mol. The van der Waals surface area contributed by atoms with Gasteiger partial charge in [0.15, 0.2) is 0 Å². The first kappa shape index (κ1) is 20.5. The number of nitrogens with one attached hydrogen (secondary N) is 1. The van der Waals surface area contributed by atoms with Crippen molar-refractivity contribution in [3.63, 3.8) is 0 Å². The molecule has 1 heterocycles. The van der Waals surface area contributed by atoms with Crippen molar-refractivity contribution in [2.45, 2.75) is 19.8 Å². The maximum atomic E-state index is 13.1. The normalized spacial score (nSPS) is 14.3. The van der Waals surface area contributed by atoms with Crippen LogP contribution in [0.1, 0.15) is 40.5 Å². The molecule has 29 heavy (non-hydrogen) atoms. The molecule has 0 bridgehead atoms. The summed E-state index contributed by atoms with van der Waals surface area (Å²) in [5.41, 5.74) is 1.06. The van der Waals surface area contributed by atoms with E-state index in [-0.39, 0.29) is 17.8 Å². The molecule has 1 fully saturated rings. The van der Waals surface area contributed by atoms with Crippen LogP contribution in [-0.4, -0.2) is 42.4 Å². The number of esters is 1. The van der Waals surface area contributed by atoms with Gasteiger partial charge in [-0.2, -0.15) is 0 Å². The molecule has 1 aliphatic rings. The third-order valence-electron chi connectivity index (χ3n) is 4.91. The number of carbonyl (C=O) groups excluding carboxylic acids is 3. The summed E-state index contributed by atoms with van der Waals surface area (Å²) in [6.45, 7) is 3.01. The Hall–Kier alpha value is -3.22. The zero-order chi connectivity index (χ0) is 20.8. The zero-order valence-corrected chi connectivity index (χ0v) is 16.2. The lowest BCUT2D eigenvalue weighted by atomic mass is 9.96. The van der Waals surface area contributed by atoms with Crippen LogP contribution in [0.5, 0.6) is 0 Å². The molecular formula is C22H23FN2O4. The minimum absolute atomic E-state index is 0.188. The SMILES string of the molecule is CCOC(=O)C1CCN(C(=O)c2ccccc2NC(=O)c2ccc(F)cc2)CC1. The van der Waals surface area contributed by atoms with Gasteiger partial charge in [-0.1, -0.05) is 12.1 Å². The molecule has 152 valence electrons. The van der Waals surface area contributed by atoms with E-state index in [4.69, 9.17) is 4.74 Å². The van der Waals surface area contributed by atoms with Gasteiger partial charge in [-0.25, -0.2) is 4.39 Å². The zero-order valence-electron chi connectivity index (χ0n) is 16.2. The van der Waals surface area contributed by atoms with E-state index in [1.807, 2.05) is 0 Å². The van der Waals surface area contributed by atoms with Crippen LogP contribution >= 0.6 is 0 Å². The fourth-order valence-electron chi connectivity index (χ4n) is 3.32. The number of anilines is 1. The highest BCUT2D eigenvalue weighted by atomic mass is 19.1. The van der Waals surface area contributed by atoms with Gasteiger partial charge in [0.25, 0.3) is 11.8 Å². The Bertz CT molecular complexity index is 890. The molecule has 1 N–H and O–H groups in total. The van der Waals surface area contributed by atoms with E-state index >= 15 is 0 Å². The van der Waals surface area contributed by atoms with E-state index in [2.05, 4.69) is 5.32 Å². The smallest absolute Gasteiger partial charge is 0.309 e. The first-order valence-electron chi connectivity index (χ1n) is 9.61. The number of benzene rings is 2. The highest BCUT2D eigenvalue weighted by molar-refractivity contribution is 6.09. The maximum absolute atomic E-state index is 13.1. The summed E-state index contributed by atoms with van der Waals surface area (Å²) in [7, 11) is 0. The lowest BCUT2D eigenvalue weighted by Gasteiger charge is -2.31. The first-order chi connectivity index (χ1) is 14.0. The number of hydrogen-bond acceptors (Lipinski definition) is 4. The molecule has 0 radical (unpaired) electrons. The quantitative estimate of drug-likeness (QED) is 0.783. The van der Waals surface area contributed by atoms with Crippen molar-refractivity contribution in [2.75, 3.05) is 25.0 Å². The predicted octanol–water partition coefficient (Wildman–Crippen LogP) is 3.49. The van der Waals surface area contributed by atoms with Crippen LogP contribution in [0.15, 0.2) is 48.5 Å². The van der Waals surface area contributed by atoms with Crippen LogP contribution < -0.4 is 5.32 Å². The third-order valence-corrected chi connectivity index (χ3v) is 4.91. The van der Waals surface area contributed by atoms with Crippen LogP contribution in [0.3, 0.4) is 0 Å². The lowest BCUT2D eigenvalue weighted by molar-refractivity contribution is -0.149. The number of hydrogen-bond donors (Lipinski definition) is 1. The Balaban J connectivity index is 1.68. The third kappa shape index (κ3) is 4.99. The number of ether oxygens (including phenoxy) is 1. The minimum Gasteiger partial charge on any atom is -0.466 e. The van der Waals surface area contributed by atoms with Crippen molar-refractivity contribution in [3.05, 3.63) is 65.5 Å². The summed E-state index contributed by atoms with van der Waals surface area (Å²) in [4.78, 5) is 39.0. The van der Waals surface area contributed by atoms with E-state index < -0.39 is 11.7 Å². The van der Waals surface area contributed by atoms with Gasteiger partial charge in [0, 0.05) is 18.7 Å². The Kier molecular flexibility index (Phi) is 6.59. The molecule has 2 aromatic rings. The molecule has 0 unspecified atom stereocenters. The van der Waals surface area contributed by atoms with Crippen molar-refractivity contribution in [2.24, 2.45) is 5.92 Å². The van der Waals surface area contributed by atoms with E-state index in [1.54, 1.807) is 36.1 Å². The van der Waals surface area contributed by atoms with Gasteiger partial charge in [0.1, 0.15) is 5.82 Å². The Labute approximate surface area is 168 Å². The second-order valence-electron chi connectivity index (χ2n) is 6.83. The Morgan fingerprint density at radius 3 is 2.38 bits per heavy atom. The Morgan fingerprint density at radius 2 is 1.72 bits per heavy atom. The number of nitrogens with zero attached hydrogens (tertiary/aromatic N) is 1. The highest BCUT2D eigenvalue weighted by Crippen LogP contribution is 2.23. The van der Waals surface area contributed by atoms with Crippen molar-refractivity contribution in [1.29, 1.82) is 0 Å². The topological polar surface area (TPSA) is 75.7 Å². The molecule has 6 nitrogen and oxygen atoms in total. The largest absolute Gasteiger partial charge is 0.466 e. The number of halogens is 1. The summed E-state index contributed by atoms with van der Waals surface area (Å²) in [5.74, 6) is -1.46. The average molecular weight is 398 g/mol. The van der Waals surface area contributed by atoms with E-state index in [1.165, 1.54) is 24.3 Å². The van der Waals surface area contributed by atoms with Crippen LogP contribution in [0.25, 0.3) is 0 Å². The molecule has 3 rings (SSSR count). The second kappa shape index (κ2) is 9.32. The van der Waals surface area contributed by atoms with Crippen molar-refractivity contribution in [3.8, 4) is 0 Å². The summed E-state index contributed by atoms with van der Waals surface area (Å²) < 4.78 is 18.1. The van der Waals surface area contributed by atoms with Crippen molar-refractivity contribution in [1.82, 2.24) is 4.90 Å². The maximum Gasteiger partial charge on any atom is 0.309 e. The number of para-hydroxylation sites is 1. The fraction of sp³-hybridized carbons (Fsp3) is 0.318. The van der Waals surface area contributed by atoms with Gasteiger partial charge in [0.05, 0.1) is 23.8 Å². The predicted molar refractivity (Wildman–Crippen MR) is 106 cm³/mol. The van der Waals surface area contributed by atoms with Crippen molar-refractivity contribution < 1.29 is 23.5 Å². The number of amides is 2. The van der Waals surface area contributed by atoms with Crippen LogP contribution in [0.4, 0.5) is 10.1 Å². The number of piperidine rings is 1. The summed E-state index contributed by atoms with van der Waals surface area (Å²) in [6.07, 6.45) is 1.10. The van der Waals surface area contributed by atoms with Crippen LogP contribution in [0, 0.1) is 11.7 Å². The number of likely N-dealkylation sites (tertiary alicyclic amines) is 1. The number of carbonyl (C=O) groups is 3. The Morgan fingerprint density at radius 1 is 1.07 bits per heavy atom. The summed E-state index contributed by atoms with van der Waals surface area (Å²) in [6, 6.07) is 11.9. The lowest BCUT2D eigenvalue weighted by Crippen LogP contribution is -2.41. The minimum atomic E-state index is -0.427. The molecule has 2 aromatic carbocycles. The molecule has 0 aliphatic carbocycles. The number of rotatable bonds is 5. The summed E-state index contributed by atoms with van der Waals surface area (Å²) >= 11 is 0. The first-order valence-corrected chi connectivity index (χ1v) is 9.61. The van der Waals surface area contributed by atoms with Crippen LogP contribution in [-0.2, 0) is 9.53 Å². The monoisotopic (exact) mass is 398 g/mol. The molecule has 0 spiro atoms. The fourth-order valence-corrected chi connectivity index (χ4v) is 3.32. The molecule has 0 atom stereocenters. The van der Waals surface area contributed by atoms with Crippen molar-refractivity contribution >= 4 is 23.5 Å². The van der Waals surface area contributed by atoms with E-state index in [0.29, 0.717) is 49.4 Å². The molecule has 2 amide bonds. The van der Waals surface area contributed by atoms with Gasteiger partial charge in [-0.05, 0) is 56.2 Å². The van der Waals surface area contributed by atoms with Gasteiger partial charge in [0.2, 0.25) is 0 Å².